The van der Waals surface area contributed by atoms with E-state index in [0.717, 1.165) is 39.7 Å². The monoisotopic (exact) mass is 393 g/mol. The Morgan fingerprint density at radius 1 is 0.733 bits per heavy atom. The fraction of sp³-hybridized carbons (Fsp3) is 0.0417. The molecule has 2 aromatic carbocycles. The number of rotatable bonds is 5. The summed E-state index contributed by atoms with van der Waals surface area (Å²) in [6.07, 6.45) is 9.19. The third-order valence-corrected chi connectivity index (χ3v) is 4.79. The van der Waals surface area contributed by atoms with Gasteiger partial charge in [-0.25, -0.2) is 9.36 Å². The largest absolute Gasteiger partial charge is 0.457 e. The van der Waals surface area contributed by atoms with E-state index in [4.69, 9.17) is 4.74 Å². The molecular formula is C24H19N5O. The van der Waals surface area contributed by atoms with Crippen LogP contribution in [0.15, 0.2) is 97.7 Å². The number of hydrogen-bond acceptors (Lipinski definition) is 4. The Bertz CT molecular complexity index is 1290. The summed E-state index contributed by atoms with van der Waals surface area (Å²) in [6, 6.07) is 21.6. The fourth-order valence-electron chi connectivity index (χ4n) is 3.29. The van der Waals surface area contributed by atoms with Gasteiger partial charge in [0.1, 0.15) is 11.5 Å². The Balaban J connectivity index is 1.40. The smallest absolute Gasteiger partial charge is 0.129 e. The fourth-order valence-corrected chi connectivity index (χ4v) is 3.29. The molecule has 0 bridgehead atoms. The van der Waals surface area contributed by atoms with Crippen LogP contribution in [0.5, 0.6) is 11.5 Å². The SMILES string of the molecule is Cc1ccnn1-c1cccc(Oc2cccc(-n3cc(-c4cccnc4)cn3)c2)c1. The quantitative estimate of drug-likeness (QED) is 0.411. The summed E-state index contributed by atoms with van der Waals surface area (Å²) < 4.78 is 9.83. The van der Waals surface area contributed by atoms with Crippen LogP contribution >= 0.6 is 0 Å². The van der Waals surface area contributed by atoms with Crippen LogP contribution < -0.4 is 4.74 Å². The molecule has 0 aliphatic carbocycles. The van der Waals surface area contributed by atoms with Gasteiger partial charge in [-0.1, -0.05) is 18.2 Å². The van der Waals surface area contributed by atoms with Gasteiger partial charge in [-0.2, -0.15) is 10.2 Å². The summed E-state index contributed by atoms with van der Waals surface area (Å²) in [5.41, 5.74) is 4.98. The lowest BCUT2D eigenvalue weighted by atomic mass is 10.2. The van der Waals surface area contributed by atoms with E-state index in [2.05, 4.69) is 15.2 Å². The average molecular weight is 393 g/mol. The lowest BCUT2D eigenvalue weighted by molar-refractivity contribution is 0.481. The third kappa shape index (κ3) is 3.58. The molecule has 6 heteroatoms. The molecule has 0 saturated heterocycles. The van der Waals surface area contributed by atoms with Crippen LogP contribution in [-0.2, 0) is 0 Å². The summed E-state index contributed by atoms with van der Waals surface area (Å²) in [6.45, 7) is 2.02. The van der Waals surface area contributed by atoms with Crippen molar-refractivity contribution >= 4 is 0 Å². The van der Waals surface area contributed by atoms with Crippen molar-refractivity contribution in [3.8, 4) is 34.0 Å². The van der Waals surface area contributed by atoms with Crippen LogP contribution in [0.4, 0.5) is 0 Å². The minimum absolute atomic E-state index is 0.736. The van der Waals surface area contributed by atoms with Crippen molar-refractivity contribution in [2.75, 3.05) is 0 Å². The van der Waals surface area contributed by atoms with Gasteiger partial charge in [0.25, 0.3) is 0 Å². The highest BCUT2D eigenvalue weighted by atomic mass is 16.5. The Kier molecular flexibility index (Phi) is 4.57. The molecule has 5 rings (SSSR count). The Labute approximate surface area is 174 Å². The number of hydrogen-bond donors (Lipinski definition) is 0. The summed E-state index contributed by atoms with van der Waals surface area (Å²) in [5, 5.41) is 8.85. The maximum atomic E-state index is 6.12. The van der Waals surface area contributed by atoms with Crippen LogP contribution in [0.25, 0.3) is 22.5 Å². The van der Waals surface area contributed by atoms with Crippen molar-refractivity contribution in [1.82, 2.24) is 24.5 Å². The van der Waals surface area contributed by atoms with Gasteiger partial charge in [-0.3, -0.25) is 4.98 Å². The van der Waals surface area contributed by atoms with E-state index in [9.17, 15) is 0 Å². The second-order valence-corrected chi connectivity index (χ2v) is 6.90. The molecule has 3 aromatic heterocycles. The van der Waals surface area contributed by atoms with Gasteiger partial charge in [0, 0.05) is 53.7 Å². The summed E-state index contributed by atoms with van der Waals surface area (Å²) in [4.78, 5) is 4.17. The molecular weight excluding hydrogens is 374 g/mol. The molecule has 6 nitrogen and oxygen atoms in total. The first kappa shape index (κ1) is 17.9. The second kappa shape index (κ2) is 7.67. The molecule has 30 heavy (non-hydrogen) atoms. The van der Waals surface area contributed by atoms with Crippen molar-refractivity contribution in [3.63, 3.8) is 0 Å². The number of pyridine rings is 1. The number of nitrogens with zero attached hydrogens (tertiary/aromatic N) is 5. The maximum absolute atomic E-state index is 6.12. The Morgan fingerprint density at radius 2 is 1.53 bits per heavy atom. The molecule has 0 N–H and O–H groups in total. The van der Waals surface area contributed by atoms with Crippen LogP contribution in [0.3, 0.4) is 0 Å². The first-order chi connectivity index (χ1) is 14.8. The van der Waals surface area contributed by atoms with E-state index >= 15 is 0 Å². The minimum Gasteiger partial charge on any atom is -0.457 e. The highest BCUT2D eigenvalue weighted by Crippen LogP contribution is 2.26. The molecule has 3 heterocycles. The van der Waals surface area contributed by atoms with Gasteiger partial charge >= 0.3 is 0 Å². The molecule has 0 radical (unpaired) electrons. The van der Waals surface area contributed by atoms with Crippen LogP contribution in [0.2, 0.25) is 0 Å². The molecule has 0 aliphatic heterocycles. The van der Waals surface area contributed by atoms with E-state index in [1.807, 2.05) is 102 Å². The average Bonchev–Trinajstić information content (AvgIpc) is 3.44. The maximum Gasteiger partial charge on any atom is 0.129 e. The number of ether oxygens (including phenoxy) is 1. The second-order valence-electron chi connectivity index (χ2n) is 6.90. The highest BCUT2D eigenvalue weighted by molar-refractivity contribution is 5.61. The molecule has 0 fully saturated rings. The van der Waals surface area contributed by atoms with Crippen LogP contribution in [0.1, 0.15) is 5.69 Å². The van der Waals surface area contributed by atoms with E-state index in [1.54, 1.807) is 12.4 Å². The molecule has 0 unspecified atom stereocenters. The molecule has 0 aliphatic rings. The number of benzene rings is 2. The van der Waals surface area contributed by atoms with Gasteiger partial charge < -0.3 is 4.74 Å². The van der Waals surface area contributed by atoms with E-state index in [-0.39, 0.29) is 0 Å². The summed E-state index contributed by atoms with van der Waals surface area (Å²) in [7, 11) is 0. The molecule has 5 aromatic rings. The molecule has 0 atom stereocenters. The Hall–Kier alpha value is -4.19. The van der Waals surface area contributed by atoms with E-state index < -0.39 is 0 Å². The zero-order valence-electron chi connectivity index (χ0n) is 16.4. The van der Waals surface area contributed by atoms with E-state index in [0.29, 0.717) is 0 Å². The van der Waals surface area contributed by atoms with Crippen molar-refractivity contribution in [2.24, 2.45) is 0 Å². The summed E-state index contributed by atoms with van der Waals surface area (Å²) >= 11 is 0. The topological polar surface area (TPSA) is 57.8 Å². The first-order valence-electron chi connectivity index (χ1n) is 9.61. The van der Waals surface area contributed by atoms with Crippen LogP contribution in [0, 0.1) is 6.92 Å². The van der Waals surface area contributed by atoms with Crippen molar-refractivity contribution in [1.29, 1.82) is 0 Å². The zero-order chi connectivity index (χ0) is 20.3. The van der Waals surface area contributed by atoms with Gasteiger partial charge in [0.05, 0.1) is 17.6 Å². The molecule has 146 valence electrons. The molecule has 0 amide bonds. The van der Waals surface area contributed by atoms with Crippen molar-refractivity contribution in [3.05, 3.63) is 103 Å². The van der Waals surface area contributed by atoms with Crippen molar-refractivity contribution in [2.45, 2.75) is 6.92 Å². The van der Waals surface area contributed by atoms with Crippen molar-refractivity contribution < 1.29 is 4.74 Å². The van der Waals surface area contributed by atoms with Gasteiger partial charge in [0.2, 0.25) is 0 Å². The standard InChI is InChI=1S/C24H19N5O/c1-18-10-12-26-29(18)22-7-3-9-24(14-22)30-23-8-2-6-21(13-23)28-17-20(16-27-28)19-5-4-11-25-15-19/h2-17H,1H3. The predicted molar refractivity (Wildman–Crippen MR) is 115 cm³/mol. The van der Waals surface area contributed by atoms with Gasteiger partial charge in [-0.15, -0.1) is 0 Å². The predicted octanol–water partition coefficient (Wildman–Crippen LogP) is 5.22. The number of aromatic nitrogens is 5. The summed E-state index contributed by atoms with van der Waals surface area (Å²) in [5.74, 6) is 1.48. The lowest BCUT2D eigenvalue weighted by Gasteiger charge is -2.10. The molecule has 0 spiro atoms. The number of aryl methyl sites for hydroxylation is 1. The van der Waals surface area contributed by atoms with Gasteiger partial charge in [0.15, 0.2) is 0 Å². The highest BCUT2D eigenvalue weighted by Gasteiger charge is 2.07. The Morgan fingerprint density at radius 3 is 2.27 bits per heavy atom. The lowest BCUT2D eigenvalue weighted by Crippen LogP contribution is -1.98. The normalized spacial score (nSPS) is 10.8. The zero-order valence-corrected chi connectivity index (χ0v) is 16.4. The van der Waals surface area contributed by atoms with E-state index in [1.165, 1.54) is 0 Å². The van der Waals surface area contributed by atoms with Gasteiger partial charge in [-0.05, 0) is 43.3 Å². The first-order valence-corrected chi connectivity index (χ1v) is 9.61. The minimum atomic E-state index is 0.736. The van der Waals surface area contributed by atoms with Crippen LogP contribution in [-0.4, -0.2) is 24.5 Å². The molecule has 0 saturated carbocycles. The third-order valence-electron chi connectivity index (χ3n) is 4.79.